The highest BCUT2D eigenvalue weighted by Gasteiger charge is 2.02. The third kappa shape index (κ3) is 2.63. The summed E-state index contributed by atoms with van der Waals surface area (Å²) in [5.41, 5.74) is 7.08. The minimum absolute atomic E-state index is 0.00611. The van der Waals surface area contributed by atoms with Crippen molar-refractivity contribution >= 4 is 5.69 Å². The molecule has 1 rings (SSSR count). The van der Waals surface area contributed by atoms with Crippen molar-refractivity contribution in [3.8, 4) is 5.75 Å². The molecular weight excluding hydrogens is 166 g/mol. The fraction of sp³-hybridized carbons (Fsp3) is 0.400. The monoisotopic (exact) mass is 181 g/mol. The average molecular weight is 181 g/mol. The summed E-state index contributed by atoms with van der Waals surface area (Å²) in [4.78, 5) is 0. The molecular formula is C10H15NO2. The van der Waals surface area contributed by atoms with Crippen LogP contribution in [-0.2, 0) is 6.61 Å². The summed E-state index contributed by atoms with van der Waals surface area (Å²) < 4.78 is 5.44. The number of hydrogen-bond donors (Lipinski definition) is 2. The molecule has 3 nitrogen and oxygen atoms in total. The maximum atomic E-state index is 8.84. The molecule has 72 valence electrons. The topological polar surface area (TPSA) is 55.5 Å². The average Bonchev–Trinajstić information content (AvgIpc) is 2.08. The second kappa shape index (κ2) is 4.14. The molecule has 3 N–H and O–H groups in total. The van der Waals surface area contributed by atoms with Crippen molar-refractivity contribution in [3.05, 3.63) is 23.8 Å². The maximum Gasteiger partial charge on any atom is 0.142 e. The summed E-state index contributed by atoms with van der Waals surface area (Å²) in [6.07, 6.45) is 0.113. The summed E-state index contributed by atoms with van der Waals surface area (Å²) >= 11 is 0. The molecule has 0 aliphatic heterocycles. The second-order valence-corrected chi connectivity index (χ2v) is 3.20. The molecule has 0 radical (unpaired) electrons. The Bertz CT molecular complexity index is 284. The molecule has 0 unspecified atom stereocenters. The zero-order valence-corrected chi connectivity index (χ0v) is 7.95. The summed E-state index contributed by atoms with van der Waals surface area (Å²) in [6.45, 7) is 3.89. The molecule has 0 atom stereocenters. The molecule has 0 aliphatic rings. The van der Waals surface area contributed by atoms with Crippen LogP contribution in [0.2, 0.25) is 0 Å². The van der Waals surface area contributed by atoms with E-state index >= 15 is 0 Å². The van der Waals surface area contributed by atoms with Gasteiger partial charge in [-0.3, -0.25) is 0 Å². The predicted octanol–water partition coefficient (Wildman–Crippen LogP) is 1.55. The smallest absolute Gasteiger partial charge is 0.142 e. The van der Waals surface area contributed by atoms with Crippen LogP contribution in [0.25, 0.3) is 0 Å². The molecule has 0 aromatic heterocycles. The highest BCUT2D eigenvalue weighted by molar-refractivity contribution is 5.54. The SMILES string of the molecule is CC(C)Oc1ccc(CO)cc1N. The quantitative estimate of drug-likeness (QED) is 0.695. The van der Waals surface area contributed by atoms with Crippen LogP contribution in [0.5, 0.6) is 5.75 Å². The van der Waals surface area contributed by atoms with Gasteiger partial charge < -0.3 is 15.6 Å². The Balaban J connectivity index is 2.85. The Morgan fingerprint density at radius 1 is 1.46 bits per heavy atom. The number of aliphatic hydroxyl groups excluding tert-OH is 1. The van der Waals surface area contributed by atoms with Crippen LogP contribution in [-0.4, -0.2) is 11.2 Å². The van der Waals surface area contributed by atoms with Crippen LogP contribution in [0.3, 0.4) is 0 Å². The van der Waals surface area contributed by atoms with Crippen LogP contribution in [0.4, 0.5) is 5.69 Å². The van der Waals surface area contributed by atoms with Crippen molar-refractivity contribution in [2.45, 2.75) is 26.6 Å². The maximum absolute atomic E-state index is 8.84. The van der Waals surface area contributed by atoms with E-state index in [1.54, 1.807) is 18.2 Å². The van der Waals surface area contributed by atoms with Crippen LogP contribution < -0.4 is 10.5 Å². The van der Waals surface area contributed by atoms with Gasteiger partial charge in [0, 0.05) is 0 Å². The van der Waals surface area contributed by atoms with Crippen molar-refractivity contribution in [3.63, 3.8) is 0 Å². The van der Waals surface area contributed by atoms with Crippen LogP contribution in [0.15, 0.2) is 18.2 Å². The molecule has 1 aromatic rings. The first-order valence-electron chi connectivity index (χ1n) is 4.29. The number of nitrogen functional groups attached to an aromatic ring is 1. The highest BCUT2D eigenvalue weighted by Crippen LogP contribution is 2.23. The van der Waals surface area contributed by atoms with Gasteiger partial charge in [0.1, 0.15) is 5.75 Å². The summed E-state index contributed by atoms with van der Waals surface area (Å²) in [6, 6.07) is 5.30. The molecule has 0 aliphatic carbocycles. The van der Waals surface area contributed by atoms with Gasteiger partial charge in [0.2, 0.25) is 0 Å². The van der Waals surface area contributed by atoms with E-state index in [0.29, 0.717) is 11.4 Å². The molecule has 1 aromatic carbocycles. The summed E-state index contributed by atoms with van der Waals surface area (Å²) in [5.74, 6) is 0.673. The highest BCUT2D eigenvalue weighted by atomic mass is 16.5. The number of anilines is 1. The Labute approximate surface area is 78.1 Å². The molecule has 0 heterocycles. The largest absolute Gasteiger partial charge is 0.489 e. The Morgan fingerprint density at radius 3 is 2.62 bits per heavy atom. The van der Waals surface area contributed by atoms with Crippen LogP contribution in [0, 0.1) is 0 Å². The predicted molar refractivity (Wildman–Crippen MR) is 52.5 cm³/mol. The number of rotatable bonds is 3. The summed E-state index contributed by atoms with van der Waals surface area (Å²) in [5, 5.41) is 8.84. The Hall–Kier alpha value is -1.22. The van der Waals surface area contributed by atoms with Gasteiger partial charge in [-0.05, 0) is 31.5 Å². The third-order valence-electron chi connectivity index (χ3n) is 1.62. The minimum Gasteiger partial charge on any atom is -0.489 e. The van der Waals surface area contributed by atoms with E-state index in [9.17, 15) is 0 Å². The minimum atomic E-state index is 0.00611. The van der Waals surface area contributed by atoms with Gasteiger partial charge in [-0.2, -0.15) is 0 Å². The first-order valence-corrected chi connectivity index (χ1v) is 4.29. The lowest BCUT2D eigenvalue weighted by Crippen LogP contribution is -2.07. The van der Waals surface area contributed by atoms with E-state index in [-0.39, 0.29) is 12.7 Å². The van der Waals surface area contributed by atoms with Crippen molar-refractivity contribution in [2.24, 2.45) is 0 Å². The molecule has 0 amide bonds. The Morgan fingerprint density at radius 2 is 2.15 bits per heavy atom. The molecule has 0 bridgehead atoms. The van der Waals surface area contributed by atoms with Gasteiger partial charge in [0.15, 0.2) is 0 Å². The van der Waals surface area contributed by atoms with E-state index in [1.165, 1.54) is 0 Å². The normalized spacial score (nSPS) is 10.5. The number of aliphatic hydroxyl groups is 1. The van der Waals surface area contributed by atoms with E-state index in [4.69, 9.17) is 15.6 Å². The summed E-state index contributed by atoms with van der Waals surface area (Å²) in [7, 11) is 0. The molecule has 13 heavy (non-hydrogen) atoms. The first-order chi connectivity index (χ1) is 6.13. The molecule has 0 spiro atoms. The fourth-order valence-corrected chi connectivity index (χ4v) is 1.06. The van der Waals surface area contributed by atoms with Gasteiger partial charge in [-0.1, -0.05) is 6.07 Å². The van der Waals surface area contributed by atoms with Crippen LogP contribution in [0.1, 0.15) is 19.4 Å². The second-order valence-electron chi connectivity index (χ2n) is 3.20. The zero-order valence-electron chi connectivity index (χ0n) is 7.95. The van der Waals surface area contributed by atoms with E-state index in [0.717, 1.165) is 5.56 Å². The molecule has 0 saturated carbocycles. The lowest BCUT2D eigenvalue weighted by molar-refractivity contribution is 0.243. The van der Waals surface area contributed by atoms with Crippen molar-refractivity contribution in [1.82, 2.24) is 0 Å². The molecule has 0 fully saturated rings. The lowest BCUT2D eigenvalue weighted by Gasteiger charge is -2.12. The fourth-order valence-electron chi connectivity index (χ4n) is 1.06. The zero-order chi connectivity index (χ0) is 9.84. The van der Waals surface area contributed by atoms with Gasteiger partial charge in [0.05, 0.1) is 18.4 Å². The molecule has 0 saturated heterocycles. The van der Waals surface area contributed by atoms with E-state index in [2.05, 4.69) is 0 Å². The lowest BCUT2D eigenvalue weighted by atomic mass is 10.2. The van der Waals surface area contributed by atoms with Gasteiger partial charge >= 0.3 is 0 Å². The number of nitrogens with two attached hydrogens (primary N) is 1. The first kappa shape index (κ1) is 9.86. The third-order valence-corrected chi connectivity index (χ3v) is 1.62. The van der Waals surface area contributed by atoms with Gasteiger partial charge in [-0.25, -0.2) is 0 Å². The number of hydrogen-bond acceptors (Lipinski definition) is 3. The van der Waals surface area contributed by atoms with Crippen molar-refractivity contribution in [1.29, 1.82) is 0 Å². The van der Waals surface area contributed by atoms with Crippen molar-refractivity contribution < 1.29 is 9.84 Å². The number of ether oxygens (including phenoxy) is 1. The standard InChI is InChI=1S/C10H15NO2/c1-7(2)13-10-4-3-8(6-12)5-9(10)11/h3-5,7,12H,6,11H2,1-2H3. The molecule has 3 heteroatoms. The van der Waals surface area contributed by atoms with E-state index in [1.807, 2.05) is 13.8 Å². The van der Waals surface area contributed by atoms with Crippen molar-refractivity contribution in [2.75, 3.05) is 5.73 Å². The Kier molecular flexibility index (Phi) is 3.14. The van der Waals surface area contributed by atoms with Gasteiger partial charge in [-0.15, -0.1) is 0 Å². The van der Waals surface area contributed by atoms with E-state index < -0.39 is 0 Å². The number of benzene rings is 1. The van der Waals surface area contributed by atoms with Gasteiger partial charge in [0.25, 0.3) is 0 Å². The van der Waals surface area contributed by atoms with Crippen LogP contribution >= 0.6 is 0 Å².